The zero-order valence-electron chi connectivity index (χ0n) is 16.6. The van der Waals surface area contributed by atoms with Crippen LogP contribution in [-0.4, -0.2) is 52.7 Å². The lowest BCUT2D eigenvalue weighted by Gasteiger charge is -2.38. The first-order valence-corrected chi connectivity index (χ1v) is 10.2. The Morgan fingerprint density at radius 2 is 1.97 bits per heavy atom. The molecular weight excluding hydrogens is 381 g/mol. The molecule has 154 valence electrons. The lowest BCUT2D eigenvalue weighted by atomic mass is 9.74. The predicted octanol–water partition coefficient (Wildman–Crippen LogP) is 0.873. The van der Waals surface area contributed by atoms with E-state index >= 15 is 0 Å². The zero-order chi connectivity index (χ0) is 20.9. The predicted molar refractivity (Wildman–Crippen MR) is 115 cm³/mol. The number of carbonyl (C=O) groups is 1. The molecule has 2 aromatic carbocycles. The highest BCUT2D eigenvalue weighted by Crippen LogP contribution is 2.46. The summed E-state index contributed by atoms with van der Waals surface area (Å²) in [6.45, 7) is 2.47. The third kappa shape index (κ3) is 3.08. The van der Waals surface area contributed by atoms with Crippen molar-refractivity contribution in [3.8, 4) is 5.75 Å². The van der Waals surface area contributed by atoms with Crippen LogP contribution in [0.5, 0.6) is 5.75 Å². The van der Waals surface area contributed by atoms with Crippen molar-refractivity contribution in [1.82, 2.24) is 9.88 Å². The van der Waals surface area contributed by atoms with Gasteiger partial charge in [0.05, 0.1) is 6.61 Å². The van der Waals surface area contributed by atoms with Crippen LogP contribution in [0.3, 0.4) is 0 Å². The summed E-state index contributed by atoms with van der Waals surface area (Å²) in [5.41, 5.74) is 9.80. The topological polar surface area (TPSA) is 112 Å². The summed E-state index contributed by atoms with van der Waals surface area (Å²) >= 11 is 0. The number of aromatic amines is 1. The van der Waals surface area contributed by atoms with Crippen LogP contribution in [0.25, 0.3) is 10.9 Å². The van der Waals surface area contributed by atoms with Crippen LogP contribution in [0.2, 0.25) is 0 Å². The quantitative estimate of drug-likeness (QED) is 0.484. The van der Waals surface area contributed by atoms with Crippen molar-refractivity contribution in [2.75, 3.05) is 19.7 Å². The Morgan fingerprint density at radius 3 is 2.70 bits per heavy atom. The zero-order valence-corrected chi connectivity index (χ0v) is 16.6. The van der Waals surface area contributed by atoms with Gasteiger partial charge in [0.1, 0.15) is 11.4 Å². The number of ether oxygens (including phenoxy) is 1. The molecule has 1 amide bonds. The standard InChI is InChI=1S/C22H24BN3O4/c24-12-14-1-4-20-17(9-14)22(13-30-20)5-7-26(8-6-22)21(27)19-11-15-10-16(23(28)29)2-3-18(15)25-19/h1-4,9-11,25,28-29H,5-8,12-13,24H2. The van der Waals surface area contributed by atoms with Gasteiger partial charge in [-0.25, -0.2) is 0 Å². The Bertz CT molecular complexity index is 1120. The number of amides is 1. The maximum absolute atomic E-state index is 13.1. The number of nitrogens with zero attached hydrogens (tertiary/aromatic N) is 1. The Labute approximate surface area is 174 Å². The minimum atomic E-state index is -1.53. The van der Waals surface area contributed by atoms with Gasteiger partial charge in [0.15, 0.2) is 0 Å². The molecule has 30 heavy (non-hydrogen) atoms. The van der Waals surface area contributed by atoms with Gasteiger partial charge >= 0.3 is 7.12 Å². The number of likely N-dealkylation sites (tertiary alicyclic amines) is 1. The number of nitrogens with two attached hydrogens (primary N) is 1. The summed E-state index contributed by atoms with van der Waals surface area (Å²) in [5, 5.41) is 19.5. The summed E-state index contributed by atoms with van der Waals surface area (Å²) in [7, 11) is -1.53. The minimum Gasteiger partial charge on any atom is -0.492 e. The van der Waals surface area contributed by atoms with E-state index in [1.165, 1.54) is 5.56 Å². The number of benzene rings is 2. The van der Waals surface area contributed by atoms with E-state index < -0.39 is 7.12 Å². The average molecular weight is 405 g/mol. The highest BCUT2D eigenvalue weighted by atomic mass is 16.5. The van der Waals surface area contributed by atoms with Gasteiger partial charge in [0.2, 0.25) is 0 Å². The second-order valence-electron chi connectivity index (χ2n) is 8.30. The number of H-pyrrole nitrogens is 1. The largest absolute Gasteiger partial charge is 0.492 e. The molecule has 0 aliphatic carbocycles. The second-order valence-corrected chi connectivity index (χ2v) is 8.30. The normalized spacial score (nSPS) is 17.2. The van der Waals surface area contributed by atoms with Gasteiger partial charge in [-0.1, -0.05) is 24.3 Å². The number of nitrogens with one attached hydrogen (secondary N) is 1. The van der Waals surface area contributed by atoms with Crippen molar-refractivity contribution >= 4 is 29.4 Å². The fourth-order valence-corrected chi connectivity index (χ4v) is 4.69. The Balaban J connectivity index is 1.34. The van der Waals surface area contributed by atoms with Crippen molar-refractivity contribution in [1.29, 1.82) is 0 Å². The van der Waals surface area contributed by atoms with E-state index in [4.69, 9.17) is 10.5 Å². The van der Waals surface area contributed by atoms with Gasteiger partial charge in [-0.15, -0.1) is 0 Å². The smallest absolute Gasteiger partial charge is 0.488 e. The van der Waals surface area contributed by atoms with Crippen molar-refractivity contribution in [3.63, 3.8) is 0 Å². The Morgan fingerprint density at radius 1 is 1.17 bits per heavy atom. The van der Waals surface area contributed by atoms with Gasteiger partial charge in [0.25, 0.3) is 5.91 Å². The molecule has 1 spiro atoms. The fourth-order valence-electron chi connectivity index (χ4n) is 4.69. The molecule has 2 aliphatic heterocycles. The minimum absolute atomic E-state index is 0.0398. The number of piperidine rings is 1. The molecule has 0 bridgehead atoms. The van der Waals surface area contributed by atoms with Crippen LogP contribution in [0.15, 0.2) is 42.5 Å². The van der Waals surface area contributed by atoms with Crippen LogP contribution in [-0.2, 0) is 12.0 Å². The number of hydrogen-bond acceptors (Lipinski definition) is 5. The first kappa shape index (κ1) is 19.2. The molecule has 0 atom stereocenters. The van der Waals surface area contributed by atoms with E-state index in [2.05, 4.69) is 11.1 Å². The SMILES string of the molecule is NCc1ccc2c(c1)C1(CCN(C(=O)c3cc4cc(B(O)O)ccc4[nH]3)CC1)CO2. The van der Waals surface area contributed by atoms with E-state index in [1.807, 2.05) is 17.0 Å². The van der Waals surface area contributed by atoms with E-state index in [0.29, 0.717) is 37.4 Å². The number of carbonyl (C=O) groups excluding carboxylic acids is 1. The lowest BCUT2D eigenvalue weighted by Crippen LogP contribution is -2.46. The molecule has 2 aliphatic rings. The molecule has 3 heterocycles. The van der Waals surface area contributed by atoms with Crippen molar-refractivity contribution in [2.45, 2.75) is 24.8 Å². The van der Waals surface area contributed by atoms with Crippen molar-refractivity contribution in [3.05, 3.63) is 59.3 Å². The third-order valence-electron chi connectivity index (χ3n) is 6.54. The maximum atomic E-state index is 13.1. The molecule has 5 N–H and O–H groups in total. The van der Waals surface area contributed by atoms with Crippen LogP contribution < -0.4 is 15.9 Å². The van der Waals surface area contributed by atoms with Gasteiger partial charge in [0, 0.05) is 36.1 Å². The monoisotopic (exact) mass is 405 g/mol. The van der Waals surface area contributed by atoms with Crippen LogP contribution >= 0.6 is 0 Å². The third-order valence-corrected chi connectivity index (χ3v) is 6.54. The summed E-state index contributed by atoms with van der Waals surface area (Å²) < 4.78 is 5.95. The highest BCUT2D eigenvalue weighted by molar-refractivity contribution is 6.58. The molecule has 0 unspecified atom stereocenters. The fraction of sp³-hybridized carbons (Fsp3) is 0.318. The molecule has 8 heteroatoms. The molecule has 0 radical (unpaired) electrons. The van der Waals surface area contributed by atoms with E-state index in [1.54, 1.807) is 24.3 Å². The summed E-state index contributed by atoms with van der Waals surface area (Å²) in [4.78, 5) is 18.1. The first-order valence-electron chi connectivity index (χ1n) is 10.2. The Kier molecular flexibility index (Phi) is 4.58. The van der Waals surface area contributed by atoms with Gasteiger partial charge in [-0.2, -0.15) is 0 Å². The van der Waals surface area contributed by atoms with Gasteiger partial charge < -0.3 is 30.4 Å². The first-order chi connectivity index (χ1) is 14.5. The average Bonchev–Trinajstić information content (AvgIpc) is 3.35. The number of hydrogen-bond donors (Lipinski definition) is 4. The highest BCUT2D eigenvalue weighted by Gasteiger charge is 2.44. The molecule has 3 aromatic rings. The van der Waals surface area contributed by atoms with E-state index in [0.717, 1.165) is 35.1 Å². The van der Waals surface area contributed by atoms with Gasteiger partial charge in [-0.3, -0.25) is 4.79 Å². The van der Waals surface area contributed by atoms with E-state index in [9.17, 15) is 14.8 Å². The molecule has 0 saturated carbocycles. The lowest BCUT2D eigenvalue weighted by molar-refractivity contribution is 0.0641. The Hall–Kier alpha value is -2.81. The van der Waals surface area contributed by atoms with Crippen LogP contribution in [0, 0.1) is 0 Å². The van der Waals surface area contributed by atoms with Crippen LogP contribution in [0.1, 0.15) is 34.5 Å². The second kappa shape index (κ2) is 7.16. The maximum Gasteiger partial charge on any atom is 0.488 e. The molecule has 1 fully saturated rings. The molecule has 7 nitrogen and oxygen atoms in total. The van der Waals surface area contributed by atoms with Gasteiger partial charge in [-0.05, 0) is 47.5 Å². The molecule has 5 rings (SSSR count). The van der Waals surface area contributed by atoms with E-state index in [-0.39, 0.29) is 11.3 Å². The van der Waals surface area contributed by atoms with Crippen molar-refractivity contribution < 1.29 is 19.6 Å². The molecule has 1 saturated heterocycles. The summed E-state index contributed by atoms with van der Waals surface area (Å²) in [6, 6.07) is 13.0. The summed E-state index contributed by atoms with van der Waals surface area (Å²) in [6.07, 6.45) is 1.70. The molecule has 1 aromatic heterocycles. The number of fused-ring (bicyclic) bond motifs is 3. The van der Waals surface area contributed by atoms with Crippen molar-refractivity contribution in [2.24, 2.45) is 5.73 Å². The summed E-state index contributed by atoms with van der Waals surface area (Å²) in [5.74, 6) is 0.895. The number of rotatable bonds is 3. The van der Waals surface area contributed by atoms with Crippen LogP contribution in [0.4, 0.5) is 0 Å². The molecular formula is C22H24BN3O4. The number of aromatic nitrogens is 1.